The van der Waals surface area contributed by atoms with Gasteiger partial charge >= 0.3 is 5.97 Å². The van der Waals surface area contributed by atoms with Crippen LogP contribution in [0.3, 0.4) is 0 Å². The zero-order valence-electron chi connectivity index (χ0n) is 8.83. The number of carbonyl (C=O) groups excluding carboxylic acids is 1. The van der Waals surface area contributed by atoms with E-state index in [1.54, 1.807) is 13.0 Å². The van der Waals surface area contributed by atoms with Gasteiger partial charge in [0.05, 0.1) is 12.2 Å². The number of hydrogen-bond donors (Lipinski definition) is 1. The minimum atomic E-state index is -0.277. The Morgan fingerprint density at radius 3 is 2.71 bits per heavy atom. The summed E-state index contributed by atoms with van der Waals surface area (Å²) < 4.78 is 6.84. The number of aromatic nitrogens is 1. The van der Waals surface area contributed by atoms with Crippen LogP contribution in [0.15, 0.2) is 6.07 Å². The van der Waals surface area contributed by atoms with Gasteiger partial charge in [-0.05, 0) is 19.9 Å². The highest BCUT2D eigenvalue weighted by Gasteiger charge is 2.15. The predicted molar refractivity (Wildman–Crippen MR) is 54.0 cm³/mol. The summed E-state index contributed by atoms with van der Waals surface area (Å²) in [5.41, 5.74) is 7.97. The van der Waals surface area contributed by atoms with Crippen LogP contribution in [0.25, 0.3) is 0 Å². The second kappa shape index (κ2) is 4.28. The van der Waals surface area contributed by atoms with E-state index in [1.165, 1.54) is 0 Å². The van der Waals surface area contributed by atoms with Crippen LogP contribution in [0.4, 0.5) is 0 Å². The van der Waals surface area contributed by atoms with Crippen molar-refractivity contribution in [2.45, 2.75) is 20.4 Å². The molecule has 1 aromatic heterocycles. The van der Waals surface area contributed by atoms with Gasteiger partial charge in [-0.15, -0.1) is 0 Å². The van der Waals surface area contributed by atoms with Crippen molar-refractivity contribution in [3.8, 4) is 0 Å². The summed E-state index contributed by atoms with van der Waals surface area (Å²) in [6, 6.07) is 1.79. The number of hydrogen-bond acceptors (Lipinski definition) is 3. The zero-order chi connectivity index (χ0) is 10.7. The van der Waals surface area contributed by atoms with E-state index in [2.05, 4.69) is 0 Å². The summed E-state index contributed by atoms with van der Waals surface area (Å²) in [6.45, 7) is 4.49. The molecule has 1 rings (SSSR count). The molecular formula is C10H16N2O2. The molecule has 14 heavy (non-hydrogen) atoms. The number of esters is 1. The van der Waals surface area contributed by atoms with Gasteiger partial charge in [-0.1, -0.05) is 0 Å². The van der Waals surface area contributed by atoms with Crippen molar-refractivity contribution in [2.75, 3.05) is 6.61 Å². The van der Waals surface area contributed by atoms with Gasteiger partial charge in [-0.2, -0.15) is 0 Å². The van der Waals surface area contributed by atoms with Crippen LogP contribution >= 0.6 is 0 Å². The molecule has 2 N–H and O–H groups in total. The summed E-state index contributed by atoms with van der Waals surface area (Å²) in [5, 5.41) is 0. The summed E-state index contributed by atoms with van der Waals surface area (Å²) >= 11 is 0. The lowest BCUT2D eigenvalue weighted by atomic mass is 10.2. The molecule has 0 atom stereocenters. The lowest BCUT2D eigenvalue weighted by Gasteiger charge is -2.02. The lowest BCUT2D eigenvalue weighted by molar-refractivity contribution is 0.0525. The quantitative estimate of drug-likeness (QED) is 0.733. The minimum Gasteiger partial charge on any atom is -0.462 e. The first-order chi connectivity index (χ1) is 6.61. The molecule has 0 bridgehead atoms. The summed E-state index contributed by atoms with van der Waals surface area (Å²) in [6.07, 6.45) is 0. The van der Waals surface area contributed by atoms with E-state index in [1.807, 2.05) is 18.5 Å². The van der Waals surface area contributed by atoms with Crippen LogP contribution < -0.4 is 5.73 Å². The van der Waals surface area contributed by atoms with Gasteiger partial charge in [-0.3, -0.25) is 0 Å². The Morgan fingerprint density at radius 2 is 2.29 bits per heavy atom. The highest BCUT2D eigenvalue weighted by atomic mass is 16.5. The average molecular weight is 196 g/mol. The van der Waals surface area contributed by atoms with Crippen LogP contribution in [0, 0.1) is 6.92 Å². The van der Waals surface area contributed by atoms with E-state index in [0.717, 1.165) is 11.4 Å². The molecule has 0 amide bonds. The molecule has 0 radical (unpaired) electrons. The molecule has 0 aliphatic rings. The van der Waals surface area contributed by atoms with E-state index in [0.29, 0.717) is 18.7 Å². The number of rotatable bonds is 3. The fourth-order valence-corrected chi connectivity index (χ4v) is 1.38. The van der Waals surface area contributed by atoms with E-state index in [4.69, 9.17) is 10.5 Å². The molecule has 0 saturated heterocycles. The summed E-state index contributed by atoms with van der Waals surface area (Å²) in [5.74, 6) is -0.277. The molecule has 0 saturated carbocycles. The van der Waals surface area contributed by atoms with Crippen molar-refractivity contribution in [3.05, 3.63) is 23.0 Å². The third-order valence-electron chi connectivity index (χ3n) is 2.34. The molecule has 4 heteroatoms. The highest BCUT2D eigenvalue weighted by Crippen LogP contribution is 2.14. The van der Waals surface area contributed by atoms with Crippen LogP contribution in [0.2, 0.25) is 0 Å². The Bertz CT molecular complexity index is 342. The van der Waals surface area contributed by atoms with Gasteiger partial charge in [-0.25, -0.2) is 4.79 Å². The zero-order valence-corrected chi connectivity index (χ0v) is 8.83. The number of nitrogens with two attached hydrogens (primary N) is 1. The molecule has 1 aromatic rings. The number of ether oxygens (including phenoxy) is 1. The number of nitrogens with zero attached hydrogens (tertiary/aromatic N) is 1. The second-order valence-corrected chi connectivity index (χ2v) is 3.12. The van der Waals surface area contributed by atoms with Gasteiger partial charge in [0.25, 0.3) is 0 Å². The number of carbonyl (C=O) groups is 1. The van der Waals surface area contributed by atoms with Gasteiger partial charge in [0, 0.05) is 25.0 Å². The molecule has 0 aliphatic carbocycles. The Kier molecular flexibility index (Phi) is 3.30. The Balaban J connectivity index is 3.04. The van der Waals surface area contributed by atoms with E-state index in [9.17, 15) is 4.79 Å². The second-order valence-electron chi connectivity index (χ2n) is 3.12. The highest BCUT2D eigenvalue weighted by molar-refractivity contribution is 5.91. The molecule has 0 aliphatic heterocycles. The van der Waals surface area contributed by atoms with Crippen LogP contribution in [-0.2, 0) is 18.3 Å². The maximum absolute atomic E-state index is 11.5. The largest absolute Gasteiger partial charge is 0.462 e. The Morgan fingerprint density at radius 1 is 1.64 bits per heavy atom. The van der Waals surface area contributed by atoms with E-state index < -0.39 is 0 Å². The first-order valence-corrected chi connectivity index (χ1v) is 4.64. The molecule has 0 spiro atoms. The normalized spacial score (nSPS) is 10.3. The predicted octanol–water partition coefficient (Wildman–Crippen LogP) is 0.969. The third-order valence-corrected chi connectivity index (χ3v) is 2.34. The maximum Gasteiger partial charge on any atom is 0.339 e. The summed E-state index contributed by atoms with van der Waals surface area (Å²) in [7, 11) is 1.89. The fourth-order valence-electron chi connectivity index (χ4n) is 1.38. The maximum atomic E-state index is 11.5. The minimum absolute atomic E-state index is 0.277. The van der Waals surface area contributed by atoms with Crippen LogP contribution in [0.5, 0.6) is 0 Å². The van der Waals surface area contributed by atoms with E-state index >= 15 is 0 Å². The van der Waals surface area contributed by atoms with Gasteiger partial charge < -0.3 is 15.0 Å². The smallest absolute Gasteiger partial charge is 0.339 e. The van der Waals surface area contributed by atoms with Gasteiger partial charge in [0.15, 0.2) is 0 Å². The third kappa shape index (κ3) is 1.80. The average Bonchev–Trinajstić information content (AvgIpc) is 2.44. The lowest BCUT2D eigenvalue weighted by Crippen LogP contribution is -2.06. The molecule has 0 aromatic carbocycles. The van der Waals surface area contributed by atoms with E-state index in [-0.39, 0.29) is 5.97 Å². The van der Waals surface area contributed by atoms with Crippen molar-refractivity contribution < 1.29 is 9.53 Å². The molecule has 0 fully saturated rings. The standard InChI is InChI=1S/C10H16N2O2/c1-4-14-10(13)9-5-8(6-11)12(3)7(9)2/h5H,4,6,11H2,1-3H3. The fraction of sp³-hybridized carbons (Fsp3) is 0.500. The van der Waals surface area contributed by atoms with Crippen LogP contribution in [0.1, 0.15) is 28.7 Å². The van der Waals surface area contributed by atoms with Crippen molar-refractivity contribution in [3.63, 3.8) is 0 Å². The molecule has 1 heterocycles. The van der Waals surface area contributed by atoms with Crippen LogP contribution in [-0.4, -0.2) is 17.1 Å². The molecule has 0 unspecified atom stereocenters. The van der Waals surface area contributed by atoms with Crippen molar-refractivity contribution >= 4 is 5.97 Å². The van der Waals surface area contributed by atoms with Crippen molar-refractivity contribution in [1.82, 2.24) is 4.57 Å². The first kappa shape index (κ1) is 10.8. The Labute approximate surface area is 83.7 Å². The monoisotopic (exact) mass is 196 g/mol. The first-order valence-electron chi connectivity index (χ1n) is 4.64. The SMILES string of the molecule is CCOC(=O)c1cc(CN)n(C)c1C. The topological polar surface area (TPSA) is 57.2 Å². The van der Waals surface area contributed by atoms with Crippen molar-refractivity contribution in [2.24, 2.45) is 12.8 Å². The molecular weight excluding hydrogens is 180 g/mol. The Hall–Kier alpha value is -1.29. The van der Waals surface area contributed by atoms with Gasteiger partial charge in [0.1, 0.15) is 0 Å². The van der Waals surface area contributed by atoms with Crippen molar-refractivity contribution in [1.29, 1.82) is 0 Å². The molecule has 4 nitrogen and oxygen atoms in total. The molecule has 78 valence electrons. The summed E-state index contributed by atoms with van der Waals surface area (Å²) in [4.78, 5) is 11.5. The van der Waals surface area contributed by atoms with Gasteiger partial charge in [0.2, 0.25) is 0 Å².